The summed E-state index contributed by atoms with van der Waals surface area (Å²) in [6, 6.07) is 0.0620. The number of amides is 2. The lowest BCUT2D eigenvalue weighted by atomic mass is 9.95. The molecule has 1 fully saturated rings. The Morgan fingerprint density at radius 1 is 1.30 bits per heavy atom. The van der Waals surface area contributed by atoms with Crippen molar-refractivity contribution in [3.05, 3.63) is 5.82 Å². The van der Waals surface area contributed by atoms with Gasteiger partial charge in [0.1, 0.15) is 0 Å². The summed E-state index contributed by atoms with van der Waals surface area (Å²) < 4.78 is 1.62. The van der Waals surface area contributed by atoms with E-state index in [9.17, 15) is 9.59 Å². The molecule has 20 heavy (non-hydrogen) atoms. The van der Waals surface area contributed by atoms with Gasteiger partial charge in [-0.15, -0.1) is 10.2 Å². The first kappa shape index (κ1) is 14.4. The molecule has 1 aliphatic rings. The summed E-state index contributed by atoms with van der Waals surface area (Å²) in [7, 11) is 0. The summed E-state index contributed by atoms with van der Waals surface area (Å²) in [6.07, 6.45) is 5.35. The molecule has 1 aromatic rings. The van der Waals surface area contributed by atoms with Crippen LogP contribution in [0.3, 0.4) is 0 Å². The Bertz CT molecular complexity index is 506. The molecule has 0 aromatic carbocycles. The second-order valence-corrected chi connectivity index (χ2v) is 4.97. The first-order valence-corrected chi connectivity index (χ1v) is 6.88. The third-order valence-electron chi connectivity index (χ3n) is 3.62. The molecule has 1 saturated carbocycles. The first-order valence-electron chi connectivity index (χ1n) is 6.88. The van der Waals surface area contributed by atoms with Gasteiger partial charge in [-0.2, -0.15) is 0 Å². The fraction of sp³-hybridized carbons (Fsp3) is 0.667. The topological polar surface area (TPSA) is 120 Å². The number of carbonyl (C=O) groups excluding carboxylic acids is 2. The molecule has 8 heteroatoms. The lowest BCUT2D eigenvalue weighted by Crippen LogP contribution is -2.40. The number of aromatic nitrogens is 3. The van der Waals surface area contributed by atoms with E-state index in [1.165, 1.54) is 6.42 Å². The van der Waals surface area contributed by atoms with Gasteiger partial charge in [0.25, 0.3) is 5.91 Å². The van der Waals surface area contributed by atoms with Crippen molar-refractivity contribution >= 4 is 17.8 Å². The highest BCUT2D eigenvalue weighted by Gasteiger charge is 2.28. The molecule has 2 amide bonds. The molecule has 0 radical (unpaired) electrons. The van der Waals surface area contributed by atoms with E-state index < -0.39 is 5.91 Å². The van der Waals surface area contributed by atoms with Gasteiger partial charge < -0.3 is 5.73 Å². The summed E-state index contributed by atoms with van der Waals surface area (Å²) in [5.74, 6) is 5.08. The van der Waals surface area contributed by atoms with E-state index in [1.54, 1.807) is 11.5 Å². The zero-order valence-electron chi connectivity index (χ0n) is 11.6. The Morgan fingerprint density at radius 3 is 2.50 bits per heavy atom. The van der Waals surface area contributed by atoms with E-state index in [0.717, 1.165) is 30.7 Å². The van der Waals surface area contributed by atoms with Crippen molar-refractivity contribution in [2.45, 2.75) is 51.5 Å². The molecule has 0 spiro atoms. The minimum Gasteiger partial charge on any atom is -0.363 e. The summed E-state index contributed by atoms with van der Waals surface area (Å²) in [5, 5.41) is 8.62. The second-order valence-electron chi connectivity index (χ2n) is 4.97. The fourth-order valence-electron chi connectivity index (χ4n) is 2.57. The van der Waals surface area contributed by atoms with Crippen molar-refractivity contribution < 1.29 is 9.59 Å². The lowest BCUT2D eigenvalue weighted by molar-refractivity contribution is -0.118. The van der Waals surface area contributed by atoms with Gasteiger partial charge >= 0.3 is 0 Å². The maximum Gasteiger partial charge on any atom is 0.286 e. The number of hydrogen-bond acceptors (Lipinski definition) is 5. The number of anilines is 1. The minimum absolute atomic E-state index is 0.0613. The molecule has 8 nitrogen and oxygen atoms in total. The number of hydrazine groups is 1. The Balaban J connectivity index is 2.41. The zero-order valence-corrected chi connectivity index (χ0v) is 11.6. The van der Waals surface area contributed by atoms with Crippen LogP contribution in [0.5, 0.6) is 0 Å². The van der Waals surface area contributed by atoms with Crippen LogP contribution in [-0.4, -0.2) is 26.6 Å². The highest BCUT2D eigenvalue weighted by Crippen LogP contribution is 2.31. The molecule has 0 saturated heterocycles. The van der Waals surface area contributed by atoms with Crippen LogP contribution in [0.15, 0.2) is 0 Å². The number of carbonyl (C=O) groups is 2. The van der Waals surface area contributed by atoms with Crippen LogP contribution in [0, 0.1) is 0 Å². The van der Waals surface area contributed by atoms with Crippen LogP contribution >= 0.6 is 0 Å². The zero-order chi connectivity index (χ0) is 14.7. The van der Waals surface area contributed by atoms with Crippen molar-refractivity contribution in [3.63, 3.8) is 0 Å². The predicted octanol–water partition coefficient (Wildman–Crippen LogP) is 0.499. The Morgan fingerprint density at radius 2 is 1.95 bits per heavy atom. The van der Waals surface area contributed by atoms with Crippen LogP contribution in [-0.2, 0) is 4.79 Å². The number of nitrogens with two attached hydrogens (primary N) is 2. The molecular weight excluding hydrogens is 260 g/mol. The van der Waals surface area contributed by atoms with Crippen LogP contribution in [0.1, 0.15) is 62.1 Å². The fourth-order valence-corrected chi connectivity index (χ4v) is 2.57. The van der Waals surface area contributed by atoms with E-state index >= 15 is 0 Å². The van der Waals surface area contributed by atoms with E-state index in [0.29, 0.717) is 0 Å². The molecule has 0 atom stereocenters. The minimum atomic E-state index is -0.660. The summed E-state index contributed by atoms with van der Waals surface area (Å²) in [4.78, 5) is 23.2. The van der Waals surface area contributed by atoms with Gasteiger partial charge in [0.15, 0.2) is 0 Å². The van der Waals surface area contributed by atoms with Crippen molar-refractivity contribution in [1.82, 2.24) is 14.8 Å². The van der Waals surface area contributed by atoms with Gasteiger partial charge in [-0.3, -0.25) is 14.2 Å². The van der Waals surface area contributed by atoms with Gasteiger partial charge in [-0.25, -0.2) is 10.9 Å². The van der Waals surface area contributed by atoms with Gasteiger partial charge in [-0.1, -0.05) is 26.2 Å². The third kappa shape index (κ3) is 2.64. The highest BCUT2D eigenvalue weighted by molar-refractivity contribution is 5.92. The molecule has 1 aliphatic carbocycles. The number of hydrogen-bond donors (Lipinski definition) is 2. The number of nitrogens with zero attached hydrogens (tertiary/aromatic N) is 4. The molecule has 4 N–H and O–H groups in total. The van der Waals surface area contributed by atoms with Crippen LogP contribution < -0.4 is 16.6 Å². The van der Waals surface area contributed by atoms with Gasteiger partial charge in [0.05, 0.1) is 0 Å². The maximum atomic E-state index is 11.7. The molecule has 0 aliphatic heterocycles. The normalized spacial score (nSPS) is 16.1. The van der Waals surface area contributed by atoms with Gasteiger partial charge in [-0.05, 0) is 12.8 Å². The third-order valence-corrected chi connectivity index (χ3v) is 3.62. The van der Waals surface area contributed by atoms with Crippen molar-refractivity contribution in [3.8, 4) is 0 Å². The first-order chi connectivity index (χ1) is 9.56. The van der Waals surface area contributed by atoms with Crippen molar-refractivity contribution in [2.24, 2.45) is 11.6 Å². The molecule has 1 aromatic heterocycles. The lowest BCUT2D eigenvalue weighted by Gasteiger charge is -2.26. The summed E-state index contributed by atoms with van der Waals surface area (Å²) >= 11 is 0. The van der Waals surface area contributed by atoms with E-state index in [-0.39, 0.29) is 30.1 Å². The van der Waals surface area contributed by atoms with Crippen LogP contribution in [0.4, 0.5) is 5.95 Å². The van der Waals surface area contributed by atoms with E-state index in [1.807, 2.05) is 0 Å². The molecular formula is C12H20N6O2. The Hall–Kier alpha value is -1.96. The largest absolute Gasteiger partial charge is 0.363 e. The quantitative estimate of drug-likeness (QED) is 0.472. The highest BCUT2D eigenvalue weighted by atomic mass is 16.2. The smallest absolute Gasteiger partial charge is 0.286 e. The summed E-state index contributed by atoms with van der Waals surface area (Å²) in [6.45, 7) is 1.71. The monoisotopic (exact) mass is 280 g/mol. The van der Waals surface area contributed by atoms with Crippen molar-refractivity contribution in [2.75, 3.05) is 5.01 Å². The average molecular weight is 280 g/mol. The predicted molar refractivity (Wildman–Crippen MR) is 72.6 cm³/mol. The van der Waals surface area contributed by atoms with Crippen molar-refractivity contribution in [1.29, 1.82) is 0 Å². The standard InChI is InChI=1S/C12H20N6O2/c1-2-9(19)18(14)12-16-15-11(10(13)20)17(12)8-6-4-3-5-7-8/h8H,2-7,14H2,1H3,(H2,13,20). The molecule has 1 heterocycles. The Labute approximate surface area is 117 Å². The van der Waals surface area contributed by atoms with Crippen LogP contribution in [0.2, 0.25) is 0 Å². The molecule has 2 rings (SSSR count). The maximum absolute atomic E-state index is 11.7. The SMILES string of the molecule is CCC(=O)N(N)c1nnc(C(N)=O)n1C1CCCCC1. The van der Waals surface area contributed by atoms with E-state index in [2.05, 4.69) is 10.2 Å². The van der Waals surface area contributed by atoms with Gasteiger partial charge in [0.2, 0.25) is 17.7 Å². The molecule has 0 unspecified atom stereocenters. The average Bonchev–Trinajstić information content (AvgIpc) is 2.91. The summed E-state index contributed by atoms with van der Waals surface area (Å²) in [5.41, 5.74) is 5.34. The van der Waals surface area contributed by atoms with Gasteiger partial charge in [0, 0.05) is 12.5 Å². The Kier molecular flexibility index (Phi) is 4.33. The second kappa shape index (κ2) is 6.00. The molecule has 0 bridgehead atoms. The number of primary amides is 1. The van der Waals surface area contributed by atoms with E-state index in [4.69, 9.17) is 11.6 Å². The molecule has 110 valence electrons. The van der Waals surface area contributed by atoms with Crippen LogP contribution in [0.25, 0.3) is 0 Å². The number of rotatable bonds is 4.